The molecule has 2 aromatic carbocycles. The van der Waals surface area contributed by atoms with Crippen LogP contribution in [0.15, 0.2) is 60.7 Å². The molecule has 1 saturated heterocycles. The molecule has 5 nitrogen and oxygen atoms in total. The molecule has 2 aromatic rings. The van der Waals surface area contributed by atoms with Crippen LogP contribution in [0.3, 0.4) is 0 Å². The maximum atomic E-state index is 12.9. The first-order valence-corrected chi connectivity index (χ1v) is 8.78. The molecule has 2 atom stereocenters. The summed E-state index contributed by atoms with van der Waals surface area (Å²) in [5.74, 6) is 0.0271. The number of nitrogens with zero attached hydrogens (tertiary/aromatic N) is 1. The molecule has 0 aromatic heterocycles. The van der Waals surface area contributed by atoms with Crippen molar-refractivity contribution in [1.29, 1.82) is 0 Å². The van der Waals surface area contributed by atoms with Crippen LogP contribution in [0.2, 0.25) is 0 Å². The van der Waals surface area contributed by atoms with Crippen molar-refractivity contribution < 1.29 is 19.4 Å². The highest BCUT2D eigenvalue weighted by Crippen LogP contribution is 2.51. The van der Waals surface area contributed by atoms with E-state index in [2.05, 4.69) is 5.92 Å². The van der Waals surface area contributed by atoms with Crippen molar-refractivity contribution in [1.82, 2.24) is 4.90 Å². The van der Waals surface area contributed by atoms with E-state index in [9.17, 15) is 14.7 Å². The van der Waals surface area contributed by atoms with Crippen LogP contribution in [0.25, 0.3) is 0 Å². The summed E-state index contributed by atoms with van der Waals surface area (Å²) in [5, 5.41) is 11.5. The number of terminal acetylenes is 1. The summed E-state index contributed by atoms with van der Waals surface area (Å²) in [4.78, 5) is 26.6. The van der Waals surface area contributed by atoms with Crippen LogP contribution in [0.5, 0.6) is 0 Å². The van der Waals surface area contributed by atoms with Crippen LogP contribution in [-0.4, -0.2) is 22.0 Å². The van der Waals surface area contributed by atoms with E-state index in [0.29, 0.717) is 24.0 Å². The third-order valence-corrected chi connectivity index (χ3v) is 4.99. The van der Waals surface area contributed by atoms with Crippen molar-refractivity contribution in [3.05, 3.63) is 71.8 Å². The fraction of sp³-hybridized carbons (Fsp3) is 0.273. The normalized spacial score (nSPS) is 24.3. The Morgan fingerprint density at radius 1 is 1.11 bits per heavy atom. The third-order valence-electron chi connectivity index (χ3n) is 4.99. The fourth-order valence-corrected chi connectivity index (χ4v) is 3.50. The summed E-state index contributed by atoms with van der Waals surface area (Å²) < 4.78 is 5.43. The molecule has 0 saturated carbocycles. The number of hydrogen-bond donors (Lipinski definition) is 1. The molecule has 1 aliphatic rings. The van der Waals surface area contributed by atoms with Gasteiger partial charge in [0.05, 0.1) is 0 Å². The number of aliphatic hydroxyl groups is 1. The molecule has 0 radical (unpaired) electrons. The van der Waals surface area contributed by atoms with E-state index in [1.165, 1.54) is 0 Å². The Labute approximate surface area is 158 Å². The van der Waals surface area contributed by atoms with E-state index in [0.717, 1.165) is 4.90 Å². The SMILES string of the molecule is C#CCCCC(=O)N1C(=O)OC(O)(c2ccccc2)C1(C)c1ccccc1. The minimum absolute atomic E-state index is 0.0899. The highest BCUT2D eigenvalue weighted by Gasteiger charge is 2.65. The van der Waals surface area contributed by atoms with Crippen LogP contribution in [0, 0.1) is 12.3 Å². The van der Waals surface area contributed by atoms with Crippen molar-refractivity contribution in [3.63, 3.8) is 0 Å². The second-order valence-corrected chi connectivity index (χ2v) is 6.60. The van der Waals surface area contributed by atoms with Gasteiger partial charge in [-0.15, -0.1) is 12.3 Å². The Morgan fingerprint density at radius 2 is 1.67 bits per heavy atom. The molecule has 1 fully saturated rings. The molecule has 0 spiro atoms. The van der Waals surface area contributed by atoms with E-state index in [4.69, 9.17) is 11.2 Å². The van der Waals surface area contributed by atoms with Crippen molar-refractivity contribution in [2.75, 3.05) is 0 Å². The number of benzene rings is 2. The first-order chi connectivity index (χ1) is 12.9. The van der Waals surface area contributed by atoms with Crippen molar-refractivity contribution in [2.24, 2.45) is 0 Å². The van der Waals surface area contributed by atoms with E-state index in [1.807, 2.05) is 6.07 Å². The number of imide groups is 1. The summed E-state index contributed by atoms with van der Waals surface area (Å²) in [5.41, 5.74) is -0.448. The summed E-state index contributed by atoms with van der Waals surface area (Å²) in [6.45, 7) is 1.64. The molecule has 3 rings (SSSR count). The van der Waals surface area contributed by atoms with Gasteiger partial charge in [0.25, 0.3) is 5.79 Å². The lowest BCUT2D eigenvalue weighted by Gasteiger charge is -2.40. The Balaban J connectivity index is 2.12. The van der Waals surface area contributed by atoms with Gasteiger partial charge in [-0.1, -0.05) is 60.7 Å². The van der Waals surface area contributed by atoms with Crippen LogP contribution < -0.4 is 0 Å². The minimum Gasteiger partial charge on any atom is -0.409 e. The molecule has 2 amide bonds. The number of amides is 2. The Hall–Kier alpha value is -3.10. The molecule has 5 heteroatoms. The highest BCUT2D eigenvalue weighted by atomic mass is 16.7. The minimum atomic E-state index is -2.02. The number of hydrogen-bond acceptors (Lipinski definition) is 4. The average Bonchev–Trinajstić information content (AvgIpc) is 2.90. The van der Waals surface area contributed by atoms with Gasteiger partial charge in [-0.25, -0.2) is 9.69 Å². The maximum absolute atomic E-state index is 12.9. The lowest BCUT2D eigenvalue weighted by molar-refractivity contribution is -0.200. The van der Waals surface area contributed by atoms with Gasteiger partial charge in [0.1, 0.15) is 5.54 Å². The number of unbranched alkanes of at least 4 members (excludes halogenated alkanes) is 1. The monoisotopic (exact) mass is 363 g/mol. The molecule has 0 aliphatic carbocycles. The second kappa shape index (κ2) is 7.26. The lowest BCUT2D eigenvalue weighted by Crippen LogP contribution is -2.54. The average molecular weight is 363 g/mol. The molecule has 2 unspecified atom stereocenters. The molecule has 1 N–H and O–H groups in total. The molecule has 138 valence electrons. The maximum Gasteiger partial charge on any atom is 0.420 e. The third kappa shape index (κ3) is 2.98. The van der Waals surface area contributed by atoms with Gasteiger partial charge >= 0.3 is 6.09 Å². The van der Waals surface area contributed by atoms with Crippen molar-refractivity contribution >= 4 is 12.0 Å². The van der Waals surface area contributed by atoms with Gasteiger partial charge in [-0.3, -0.25) is 4.79 Å². The molecule has 27 heavy (non-hydrogen) atoms. The smallest absolute Gasteiger partial charge is 0.409 e. The van der Waals surface area contributed by atoms with E-state index in [1.54, 1.807) is 61.5 Å². The molecular formula is C22H21NO4. The zero-order valence-electron chi connectivity index (χ0n) is 15.1. The van der Waals surface area contributed by atoms with Gasteiger partial charge in [0, 0.05) is 18.4 Å². The van der Waals surface area contributed by atoms with E-state index in [-0.39, 0.29) is 6.42 Å². The molecule has 1 aliphatic heterocycles. The van der Waals surface area contributed by atoms with Crippen LogP contribution in [0.4, 0.5) is 4.79 Å². The number of ether oxygens (including phenoxy) is 1. The van der Waals surface area contributed by atoms with Gasteiger partial charge in [-0.2, -0.15) is 0 Å². The number of cyclic esters (lactones) is 1. The lowest BCUT2D eigenvalue weighted by atomic mass is 9.79. The van der Waals surface area contributed by atoms with Crippen molar-refractivity contribution in [3.8, 4) is 12.3 Å². The van der Waals surface area contributed by atoms with Gasteiger partial charge < -0.3 is 9.84 Å². The van der Waals surface area contributed by atoms with Gasteiger partial charge in [-0.05, 0) is 18.9 Å². The largest absolute Gasteiger partial charge is 0.420 e. The van der Waals surface area contributed by atoms with Crippen LogP contribution in [0.1, 0.15) is 37.3 Å². The van der Waals surface area contributed by atoms with Gasteiger partial charge in [0.2, 0.25) is 5.91 Å². The van der Waals surface area contributed by atoms with Gasteiger partial charge in [0.15, 0.2) is 0 Å². The first kappa shape index (κ1) is 18.7. The number of carbonyl (C=O) groups is 2. The summed E-state index contributed by atoms with van der Waals surface area (Å²) >= 11 is 0. The number of rotatable bonds is 5. The van der Waals surface area contributed by atoms with E-state index < -0.39 is 23.3 Å². The summed E-state index contributed by atoms with van der Waals surface area (Å²) in [6, 6.07) is 17.5. The molecular weight excluding hydrogens is 342 g/mol. The predicted octanol–water partition coefficient (Wildman–Crippen LogP) is 3.53. The zero-order valence-corrected chi connectivity index (χ0v) is 15.1. The fourth-order valence-electron chi connectivity index (χ4n) is 3.50. The van der Waals surface area contributed by atoms with Crippen LogP contribution >= 0.6 is 0 Å². The summed E-state index contributed by atoms with van der Waals surface area (Å²) in [6.07, 6.45) is 5.35. The highest BCUT2D eigenvalue weighted by molar-refractivity contribution is 5.95. The molecule has 0 bridgehead atoms. The quantitative estimate of drug-likeness (QED) is 0.652. The van der Waals surface area contributed by atoms with Crippen molar-refractivity contribution in [2.45, 2.75) is 37.5 Å². The Kier molecular flexibility index (Phi) is 5.02. The second-order valence-electron chi connectivity index (χ2n) is 6.60. The number of carbonyl (C=O) groups excluding carboxylic acids is 2. The zero-order chi connectivity index (χ0) is 19.5. The first-order valence-electron chi connectivity index (χ1n) is 8.78. The standard InChI is InChI=1S/C22H21NO4/c1-3-4-7-16-19(24)23-20(25)27-22(26,18-14-10-6-11-15-18)21(23,2)17-12-8-5-9-13-17/h1,5-6,8-15,26H,4,7,16H2,2H3. The molecule has 1 heterocycles. The topological polar surface area (TPSA) is 66.8 Å². The summed E-state index contributed by atoms with van der Waals surface area (Å²) in [7, 11) is 0. The van der Waals surface area contributed by atoms with Crippen LogP contribution in [-0.2, 0) is 20.9 Å². The van der Waals surface area contributed by atoms with E-state index >= 15 is 0 Å². The predicted molar refractivity (Wildman–Crippen MR) is 100 cm³/mol. The Bertz CT molecular complexity index is 874. The Morgan fingerprint density at radius 3 is 2.22 bits per heavy atom.